The van der Waals surface area contributed by atoms with E-state index in [0.717, 1.165) is 8.95 Å². The molecule has 2 aliphatic rings. The second kappa shape index (κ2) is 9.29. The molecule has 0 fully saturated rings. The van der Waals surface area contributed by atoms with Crippen LogP contribution in [0, 0.1) is 0 Å². The molecule has 8 heteroatoms. The Morgan fingerprint density at radius 1 is 0.781 bits per heavy atom. The average molecular weight is 730 g/mol. The van der Waals surface area contributed by atoms with E-state index in [9.17, 15) is 0 Å². The van der Waals surface area contributed by atoms with Crippen molar-refractivity contribution in [2.45, 2.75) is 44.0 Å². The molecule has 0 saturated carbocycles. The molecule has 2 atom stereocenters. The maximum atomic E-state index is 8.19. The Morgan fingerprint density at radius 3 is 1.47 bits per heavy atom. The normalized spacial score (nSPS) is 21.2. The Balaban J connectivity index is 2.02. The Bertz CT molecular complexity index is 1110. The summed E-state index contributed by atoms with van der Waals surface area (Å²) in [7, 11) is 16.4. The predicted molar refractivity (Wildman–Crippen MR) is 155 cm³/mol. The summed E-state index contributed by atoms with van der Waals surface area (Å²) in [6.07, 6.45) is 8.91. The zero-order chi connectivity index (χ0) is 23.6. The van der Waals surface area contributed by atoms with Gasteiger partial charge in [-0.3, -0.25) is 0 Å². The van der Waals surface area contributed by atoms with Crippen molar-refractivity contribution in [2.75, 3.05) is 12.5 Å². The van der Waals surface area contributed by atoms with Crippen LogP contribution in [-0.4, -0.2) is 18.4 Å². The monoisotopic (exact) mass is 725 g/mol. The zero-order valence-electron chi connectivity index (χ0n) is 19.0. The number of halogens is 4. The first kappa shape index (κ1) is 26.3. The third kappa shape index (κ3) is 3.94. The van der Waals surface area contributed by atoms with Crippen LogP contribution in [0.2, 0.25) is 13.1 Å². The second-order valence-corrected chi connectivity index (χ2v) is 55.2. The first-order valence-electron chi connectivity index (χ1n) is 10.6. The molecule has 0 radical (unpaired) electrons. The predicted octanol–water partition coefficient (Wildman–Crippen LogP) is 10.3. The van der Waals surface area contributed by atoms with Crippen LogP contribution in [0.25, 0.3) is 12.2 Å². The van der Waals surface area contributed by atoms with Gasteiger partial charge in [-0.05, 0) is 0 Å². The molecule has 2 aromatic carbocycles. The van der Waals surface area contributed by atoms with Gasteiger partial charge >= 0.3 is 229 Å². The molecule has 0 aliphatic heterocycles. The van der Waals surface area contributed by atoms with Crippen molar-refractivity contribution < 1.29 is 15.6 Å². The summed E-state index contributed by atoms with van der Waals surface area (Å²) >= 11 is 6.68. The zero-order valence-corrected chi connectivity index (χ0v) is 29.0. The summed E-state index contributed by atoms with van der Waals surface area (Å²) in [5.41, 5.74) is 7.86. The molecule has 0 nitrogen and oxygen atoms in total. The van der Waals surface area contributed by atoms with Crippen LogP contribution in [0.1, 0.15) is 43.4 Å². The number of rotatable bonds is 5. The van der Waals surface area contributed by atoms with Crippen LogP contribution in [0.3, 0.4) is 0 Å². The van der Waals surface area contributed by atoms with Gasteiger partial charge in [-0.2, -0.15) is 0 Å². The molecule has 0 aromatic heterocycles. The van der Waals surface area contributed by atoms with Crippen molar-refractivity contribution in [1.29, 1.82) is 0 Å². The molecule has 0 amide bonds. The number of hydrogen-bond donors (Lipinski definition) is 0. The minimum absolute atomic E-state index is 0.140. The van der Waals surface area contributed by atoms with Crippen LogP contribution in [0.15, 0.2) is 54.1 Å². The van der Waals surface area contributed by atoms with Crippen molar-refractivity contribution in [1.82, 2.24) is 0 Å². The van der Waals surface area contributed by atoms with E-state index in [1.807, 2.05) is 0 Å². The Morgan fingerprint density at radius 2 is 1.16 bits per heavy atom. The number of allylic oxidation sites excluding steroid dienone is 2. The summed E-state index contributed by atoms with van der Waals surface area (Å²) in [4.78, 5) is 2.51. The number of thioether (sulfide) groups is 2. The van der Waals surface area contributed by atoms with Crippen molar-refractivity contribution >= 4 is 90.5 Å². The van der Waals surface area contributed by atoms with Crippen molar-refractivity contribution in [3.8, 4) is 0 Å². The van der Waals surface area contributed by atoms with Gasteiger partial charge in [0.1, 0.15) is 0 Å². The Labute approximate surface area is 226 Å². The third-order valence-corrected chi connectivity index (χ3v) is 62.2. The molecular weight excluding hydrogens is 702 g/mol. The molecule has 2 aromatic rings. The van der Waals surface area contributed by atoms with Gasteiger partial charge in [-0.25, -0.2) is 0 Å². The Hall–Kier alpha value is 1.26. The van der Waals surface area contributed by atoms with E-state index in [4.69, 9.17) is 17.0 Å². The van der Waals surface area contributed by atoms with Crippen LogP contribution < -0.4 is 0 Å². The quantitative estimate of drug-likeness (QED) is 0.222. The van der Waals surface area contributed by atoms with Gasteiger partial charge in [0.2, 0.25) is 0 Å². The summed E-state index contributed by atoms with van der Waals surface area (Å²) in [6.45, 7) is 9.27. The third-order valence-electron chi connectivity index (χ3n) is 7.22. The van der Waals surface area contributed by atoms with Gasteiger partial charge in [0.15, 0.2) is 0 Å². The van der Waals surface area contributed by atoms with Crippen LogP contribution >= 0.6 is 72.4 Å². The van der Waals surface area contributed by atoms with Crippen LogP contribution in [-0.2, 0) is 15.6 Å². The average Bonchev–Trinajstić information content (AvgIpc) is 3.25. The molecule has 2 unspecified atom stereocenters. The molecule has 2 aliphatic carbocycles. The van der Waals surface area contributed by atoms with E-state index in [0.29, 0.717) is 0 Å². The molecular formula is C24H27Br2Cl2S2SiZr. The number of hydrogen-bond acceptors (Lipinski definition) is 2. The maximum absolute atomic E-state index is 8.19. The van der Waals surface area contributed by atoms with Gasteiger partial charge < -0.3 is 0 Å². The number of fused-ring (bicyclic) bond motifs is 2. The summed E-state index contributed by atoms with van der Waals surface area (Å²) in [5, 5.41) is 0. The van der Waals surface area contributed by atoms with Gasteiger partial charge in [0.25, 0.3) is 0 Å². The molecule has 0 spiro atoms. The molecule has 0 saturated heterocycles. The molecule has 0 bridgehead atoms. The van der Waals surface area contributed by atoms with E-state index in [1.165, 1.54) is 43.2 Å². The minimum atomic E-state index is -4.53. The van der Waals surface area contributed by atoms with E-state index in [2.05, 4.69) is 108 Å². The standard InChI is InChI=1S/2C11H10BrS.C2H7Si.2ClH.Zr/c2*1-7-3-8-5-9(13-2)6-11(12)10(8)4-7;1-3-2;;;/h2*3-6H,1-2H3;3H,1-2H3;2*1H;/q;;;;;+2/p-2. The fraction of sp³-hybridized carbons (Fsp3) is 0.333. The van der Waals surface area contributed by atoms with E-state index >= 15 is 0 Å². The van der Waals surface area contributed by atoms with Crippen molar-refractivity contribution in [3.63, 3.8) is 0 Å². The van der Waals surface area contributed by atoms with E-state index in [1.54, 1.807) is 23.5 Å². The number of benzene rings is 2. The fourth-order valence-electron chi connectivity index (χ4n) is 5.65. The Kier molecular flexibility index (Phi) is 7.64. The SMILES string of the molecule is CSc1cc(Br)c2c(c1)[CH]([Zr]([Cl])([Cl])([CH]1C(C)=Cc3c(Br)cc(SC)cc31)[SiH](C)C)C(C)=C2. The van der Waals surface area contributed by atoms with Crippen molar-refractivity contribution in [2.24, 2.45) is 0 Å². The molecule has 32 heavy (non-hydrogen) atoms. The van der Waals surface area contributed by atoms with Crippen LogP contribution in [0.5, 0.6) is 0 Å². The second-order valence-electron chi connectivity index (χ2n) is 9.25. The molecule has 0 heterocycles. The summed E-state index contributed by atoms with van der Waals surface area (Å²) < 4.78 is 2.56. The van der Waals surface area contributed by atoms with Crippen LogP contribution in [0.4, 0.5) is 0 Å². The summed E-state index contributed by atoms with van der Waals surface area (Å²) in [6, 6.07) is 9.13. The molecule has 171 valence electrons. The molecule has 4 rings (SSSR count). The molecule has 0 N–H and O–H groups in total. The summed E-state index contributed by atoms with van der Waals surface area (Å²) in [5.74, 6) is -1.48. The van der Waals surface area contributed by atoms with E-state index in [-0.39, 0.29) is 7.25 Å². The van der Waals surface area contributed by atoms with Gasteiger partial charge in [-0.1, -0.05) is 0 Å². The first-order chi connectivity index (χ1) is 14.9. The van der Waals surface area contributed by atoms with Gasteiger partial charge in [0, 0.05) is 0 Å². The van der Waals surface area contributed by atoms with Gasteiger partial charge in [-0.15, -0.1) is 0 Å². The van der Waals surface area contributed by atoms with Crippen molar-refractivity contribution in [3.05, 3.63) is 66.6 Å². The fourth-order valence-corrected chi connectivity index (χ4v) is 41.0. The van der Waals surface area contributed by atoms with E-state index < -0.39 is 21.5 Å². The first-order valence-corrected chi connectivity index (χ1v) is 31.0. The topological polar surface area (TPSA) is 0 Å². The van der Waals surface area contributed by atoms with Gasteiger partial charge in [0.05, 0.1) is 0 Å².